The first-order chi connectivity index (χ1) is 4.96. The second kappa shape index (κ2) is 3.79. The smallest absolute Gasteiger partial charge is 0.327 e. The molecule has 0 spiro atoms. The molecule has 0 heterocycles. The van der Waals surface area contributed by atoms with Crippen LogP contribution in [-0.2, 0) is 14.2 Å². The molecule has 5 heteroatoms. The summed E-state index contributed by atoms with van der Waals surface area (Å²) in [6, 6.07) is 0. The lowest BCUT2D eigenvalue weighted by Gasteiger charge is -2.04. The number of hydrogen-bond acceptors (Lipinski definition) is 3. The molecule has 0 amide bonds. The highest BCUT2D eigenvalue weighted by molar-refractivity contribution is 7.89. The van der Waals surface area contributed by atoms with Gasteiger partial charge in [0.15, 0.2) is 0 Å². The predicted molar refractivity (Wildman–Crippen MR) is 40.4 cm³/mol. The van der Waals surface area contributed by atoms with Crippen molar-refractivity contribution < 1.29 is 19.0 Å². The number of carbonyl (C=O) groups excluding carboxylic acids is 2. The third-order valence-electron chi connectivity index (χ3n) is 1.28. The largest absolute Gasteiger partial charge is 0.334 e. The Morgan fingerprint density at radius 3 is 1.64 bits per heavy atom. The summed E-state index contributed by atoms with van der Waals surface area (Å²) in [6.07, 6.45) is -0.140. The van der Waals surface area contributed by atoms with Gasteiger partial charge in [-0.3, -0.25) is 14.2 Å². The van der Waals surface area contributed by atoms with Crippen molar-refractivity contribution in [2.24, 2.45) is 0 Å². The van der Waals surface area contributed by atoms with Gasteiger partial charge in [-0.1, -0.05) is 13.8 Å². The summed E-state index contributed by atoms with van der Waals surface area (Å²) in [6.45, 7) is 2.91. The lowest BCUT2D eigenvalue weighted by molar-refractivity contribution is -0.115. The first-order valence-corrected chi connectivity index (χ1v) is 5.02. The van der Waals surface area contributed by atoms with Gasteiger partial charge >= 0.3 is 7.37 Å². The van der Waals surface area contributed by atoms with Crippen LogP contribution in [0.15, 0.2) is 0 Å². The summed E-state index contributed by atoms with van der Waals surface area (Å²) >= 11 is 0. The molecule has 0 rings (SSSR count). The Morgan fingerprint density at radius 1 is 1.18 bits per heavy atom. The van der Waals surface area contributed by atoms with E-state index in [1.165, 1.54) is 13.8 Å². The Morgan fingerprint density at radius 2 is 1.45 bits per heavy atom. The van der Waals surface area contributed by atoms with E-state index in [2.05, 4.69) is 0 Å². The number of rotatable bonds is 4. The van der Waals surface area contributed by atoms with Gasteiger partial charge < -0.3 is 4.89 Å². The summed E-state index contributed by atoms with van der Waals surface area (Å²) in [4.78, 5) is 30.3. The van der Waals surface area contributed by atoms with Crippen LogP contribution in [0, 0.1) is 0 Å². The highest BCUT2D eigenvalue weighted by atomic mass is 31.2. The van der Waals surface area contributed by atoms with Gasteiger partial charge in [0, 0.05) is 12.8 Å². The first kappa shape index (κ1) is 10.5. The minimum atomic E-state index is -4.15. The SMILES string of the molecule is CCC(=O)P(=O)(O)C(=O)CC. The Balaban J connectivity index is 4.60. The van der Waals surface area contributed by atoms with Crippen LogP contribution in [0.4, 0.5) is 0 Å². The molecule has 1 N–H and O–H groups in total. The van der Waals surface area contributed by atoms with Gasteiger partial charge in [-0.15, -0.1) is 0 Å². The third kappa shape index (κ3) is 2.24. The number of carbonyl (C=O) groups is 2. The molecule has 0 aromatic rings. The highest BCUT2D eigenvalue weighted by Crippen LogP contribution is 2.44. The summed E-state index contributed by atoms with van der Waals surface area (Å²) in [5, 5.41) is 0. The molecular formula is C6H11O4P. The fraction of sp³-hybridized carbons (Fsp3) is 0.667. The zero-order valence-corrected chi connectivity index (χ0v) is 7.43. The van der Waals surface area contributed by atoms with E-state index in [4.69, 9.17) is 4.89 Å². The Hall–Kier alpha value is -0.470. The van der Waals surface area contributed by atoms with Crippen LogP contribution >= 0.6 is 7.37 Å². The molecular weight excluding hydrogens is 167 g/mol. The molecule has 0 bridgehead atoms. The number of hydrogen-bond donors (Lipinski definition) is 1. The summed E-state index contributed by atoms with van der Waals surface area (Å²) < 4.78 is 10.9. The minimum absolute atomic E-state index is 0.0699. The Kier molecular flexibility index (Phi) is 3.63. The van der Waals surface area contributed by atoms with Gasteiger partial charge in [0.05, 0.1) is 0 Å². The standard InChI is InChI=1S/C6H11O4P/c1-3-5(7)11(9,10)6(8)4-2/h3-4H2,1-2H3,(H,9,10). The lowest BCUT2D eigenvalue weighted by Crippen LogP contribution is -2.06. The molecule has 0 atom stereocenters. The fourth-order valence-electron chi connectivity index (χ4n) is 0.568. The molecule has 4 nitrogen and oxygen atoms in total. The van der Waals surface area contributed by atoms with Crippen molar-refractivity contribution in [2.75, 3.05) is 0 Å². The summed E-state index contributed by atoms with van der Waals surface area (Å²) in [5.74, 6) is 0. The van der Waals surface area contributed by atoms with Crippen molar-refractivity contribution in [3.63, 3.8) is 0 Å². The van der Waals surface area contributed by atoms with E-state index < -0.39 is 18.4 Å². The topological polar surface area (TPSA) is 71.4 Å². The molecule has 0 saturated carbocycles. The van der Waals surface area contributed by atoms with E-state index >= 15 is 0 Å². The second-order valence-corrected chi connectivity index (χ2v) is 4.22. The van der Waals surface area contributed by atoms with Crippen molar-refractivity contribution in [1.82, 2.24) is 0 Å². The van der Waals surface area contributed by atoms with E-state index in [1.807, 2.05) is 0 Å². The molecule has 11 heavy (non-hydrogen) atoms. The zero-order chi connectivity index (χ0) is 9.07. The van der Waals surface area contributed by atoms with E-state index in [0.29, 0.717) is 0 Å². The van der Waals surface area contributed by atoms with Crippen LogP contribution in [-0.4, -0.2) is 15.9 Å². The van der Waals surface area contributed by atoms with Crippen molar-refractivity contribution >= 4 is 18.4 Å². The van der Waals surface area contributed by atoms with E-state index in [9.17, 15) is 14.2 Å². The van der Waals surface area contributed by atoms with Gasteiger partial charge in [-0.25, -0.2) is 0 Å². The zero-order valence-electron chi connectivity index (χ0n) is 6.53. The molecule has 0 unspecified atom stereocenters. The van der Waals surface area contributed by atoms with Crippen LogP contribution in [0.2, 0.25) is 0 Å². The van der Waals surface area contributed by atoms with Crippen molar-refractivity contribution in [2.45, 2.75) is 26.7 Å². The normalized spacial score (nSPS) is 11.2. The third-order valence-corrected chi connectivity index (χ3v) is 3.27. The molecule has 0 aromatic carbocycles. The van der Waals surface area contributed by atoms with Gasteiger partial charge in [0.25, 0.3) is 0 Å². The molecule has 0 radical (unpaired) electrons. The van der Waals surface area contributed by atoms with Crippen molar-refractivity contribution in [3.05, 3.63) is 0 Å². The summed E-state index contributed by atoms with van der Waals surface area (Å²) in [7, 11) is -4.15. The fourth-order valence-corrected chi connectivity index (χ4v) is 1.70. The van der Waals surface area contributed by atoms with Gasteiger partial charge in [0.2, 0.25) is 11.0 Å². The summed E-state index contributed by atoms with van der Waals surface area (Å²) in [5.41, 5.74) is -1.71. The van der Waals surface area contributed by atoms with Crippen molar-refractivity contribution in [1.29, 1.82) is 0 Å². The molecule has 0 fully saturated rings. The van der Waals surface area contributed by atoms with Crippen LogP contribution < -0.4 is 0 Å². The average Bonchev–Trinajstić information content (AvgIpc) is 2.01. The molecule has 0 saturated heterocycles. The maximum atomic E-state index is 10.9. The van der Waals surface area contributed by atoms with E-state index in [-0.39, 0.29) is 12.8 Å². The molecule has 0 aliphatic carbocycles. The van der Waals surface area contributed by atoms with E-state index in [1.54, 1.807) is 0 Å². The monoisotopic (exact) mass is 178 g/mol. The quantitative estimate of drug-likeness (QED) is 0.655. The predicted octanol–water partition coefficient (Wildman–Crippen LogP) is 1.13. The van der Waals surface area contributed by atoms with Crippen LogP contribution in [0.1, 0.15) is 26.7 Å². The Labute approximate surface area is 65.1 Å². The lowest BCUT2D eigenvalue weighted by atomic mass is 10.5. The van der Waals surface area contributed by atoms with Gasteiger partial charge in [-0.05, 0) is 0 Å². The minimum Gasteiger partial charge on any atom is -0.334 e. The van der Waals surface area contributed by atoms with E-state index in [0.717, 1.165) is 0 Å². The van der Waals surface area contributed by atoms with Crippen LogP contribution in [0.25, 0.3) is 0 Å². The highest BCUT2D eigenvalue weighted by Gasteiger charge is 2.34. The first-order valence-electron chi connectivity index (χ1n) is 3.36. The van der Waals surface area contributed by atoms with Gasteiger partial charge in [-0.2, -0.15) is 0 Å². The second-order valence-electron chi connectivity index (χ2n) is 2.07. The average molecular weight is 178 g/mol. The van der Waals surface area contributed by atoms with Crippen LogP contribution in [0.5, 0.6) is 0 Å². The maximum Gasteiger partial charge on any atom is 0.327 e. The van der Waals surface area contributed by atoms with Gasteiger partial charge in [0.1, 0.15) is 0 Å². The molecule has 0 aliphatic heterocycles. The van der Waals surface area contributed by atoms with Crippen LogP contribution in [0.3, 0.4) is 0 Å². The molecule has 0 aromatic heterocycles. The maximum absolute atomic E-state index is 10.9. The van der Waals surface area contributed by atoms with Crippen molar-refractivity contribution in [3.8, 4) is 0 Å². The molecule has 0 aliphatic rings. The molecule has 64 valence electrons. The Bertz CT molecular complexity index is 201.